The molecule has 0 fully saturated rings. The normalized spacial score (nSPS) is 12.3. The molecule has 0 saturated carbocycles. The number of esters is 1. The molecule has 0 aromatic heterocycles. The van der Waals surface area contributed by atoms with Gasteiger partial charge in [-0.25, -0.2) is 4.79 Å². The maximum absolute atomic E-state index is 11.3. The van der Waals surface area contributed by atoms with Crippen LogP contribution in [0, 0.1) is 5.92 Å². The Morgan fingerprint density at radius 1 is 1.33 bits per heavy atom. The number of thioether (sulfide) groups is 1. The van der Waals surface area contributed by atoms with E-state index in [9.17, 15) is 9.59 Å². The third kappa shape index (κ3) is 7.25. The second-order valence-corrected chi connectivity index (χ2v) is 4.78. The first-order chi connectivity index (χ1) is 6.97. The standard InChI is InChI=1S/C10H19NO3S/c1-7(2)5-15-6-9(10(13)14-4)11-8(3)12/h7,9H,5-6H2,1-4H3,(H,11,12). The van der Waals surface area contributed by atoms with Gasteiger partial charge < -0.3 is 10.1 Å². The molecule has 1 atom stereocenters. The van der Waals surface area contributed by atoms with Crippen molar-refractivity contribution in [2.45, 2.75) is 26.8 Å². The van der Waals surface area contributed by atoms with Gasteiger partial charge in [-0.1, -0.05) is 13.8 Å². The minimum Gasteiger partial charge on any atom is -0.467 e. The van der Waals surface area contributed by atoms with Gasteiger partial charge >= 0.3 is 5.97 Å². The SMILES string of the molecule is COC(=O)C(CSCC(C)C)NC(C)=O. The van der Waals surface area contributed by atoms with Crippen LogP contribution in [0.4, 0.5) is 0 Å². The fourth-order valence-electron chi connectivity index (χ4n) is 0.978. The number of nitrogens with one attached hydrogen (secondary N) is 1. The lowest BCUT2D eigenvalue weighted by molar-refractivity contribution is -0.144. The van der Waals surface area contributed by atoms with Crippen LogP contribution in [0.15, 0.2) is 0 Å². The zero-order valence-electron chi connectivity index (χ0n) is 9.70. The number of carbonyl (C=O) groups excluding carboxylic acids is 2. The van der Waals surface area contributed by atoms with E-state index in [1.54, 1.807) is 11.8 Å². The molecule has 0 aliphatic rings. The lowest BCUT2D eigenvalue weighted by Crippen LogP contribution is -2.42. The predicted molar refractivity (Wildman–Crippen MR) is 61.8 cm³/mol. The fourth-order valence-corrected chi connectivity index (χ4v) is 2.04. The lowest BCUT2D eigenvalue weighted by Gasteiger charge is -2.15. The molecule has 0 saturated heterocycles. The Bertz CT molecular complexity index is 219. The molecule has 0 rings (SSSR count). The van der Waals surface area contributed by atoms with Gasteiger partial charge in [0.1, 0.15) is 6.04 Å². The highest BCUT2D eigenvalue weighted by molar-refractivity contribution is 7.99. The molecule has 0 spiro atoms. The van der Waals surface area contributed by atoms with Crippen LogP contribution in [0.3, 0.4) is 0 Å². The van der Waals surface area contributed by atoms with Crippen molar-refractivity contribution in [2.24, 2.45) is 5.92 Å². The molecule has 1 N–H and O–H groups in total. The van der Waals surface area contributed by atoms with Gasteiger partial charge in [-0.05, 0) is 11.7 Å². The van der Waals surface area contributed by atoms with E-state index in [-0.39, 0.29) is 11.9 Å². The largest absolute Gasteiger partial charge is 0.467 e. The summed E-state index contributed by atoms with van der Waals surface area (Å²) in [7, 11) is 1.32. The molecule has 0 aromatic rings. The predicted octanol–water partition coefficient (Wildman–Crippen LogP) is 1.05. The van der Waals surface area contributed by atoms with Crippen LogP contribution in [0.1, 0.15) is 20.8 Å². The number of rotatable bonds is 6. The highest BCUT2D eigenvalue weighted by Crippen LogP contribution is 2.09. The Balaban J connectivity index is 4.01. The monoisotopic (exact) mass is 233 g/mol. The Kier molecular flexibility index (Phi) is 7.21. The van der Waals surface area contributed by atoms with E-state index in [4.69, 9.17) is 0 Å². The molecule has 0 aliphatic heterocycles. The average Bonchev–Trinajstić information content (AvgIpc) is 2.14. The number of carbonyl (C=O) groups is 2. The Morgan fingerprint density at radius 2 is 1.93 bits per heavy atom. The third-order valence-corrected chi connectivity index (χ3v) is 3.07. The van der Waals surface area contributed by atoms with Crippen molar-refractivity contribution in [3.05, 3.63) is 0 Å². The van der Waals surface area contributed by atoms with Gasteiger partial charge in [-0.2, -0.15) is 11.8 Å². The zero-order valence-corrected chi connectivity index (χ0v) is 10.5. The van der Waals surface area contributed by atoms with Crippen molar-refractivity contribution < 1.29 is 14.3 Å². The van der Waals surface area contributed by atoms with Gasteiger partial charge in [0.05, 0.1) is 7.11 Å². The molecule has 0 bridgehead atoms. The quantitative estimate of drug-likeness (QED) is 0.697. The minimum absolute atomic E-state index is 0.212. The van der Waals surface area contributed by atoms with E-state index >= 15 is 0 Å². The Hall–Kier alpha value is -0.710. The van der Waals surface area contributed by atoms with Crippen molar-refractivity contribution in [1.82, 2.24) is 5.32 Å². The van der Waals surface area contributed by atoms with Crippen LogP contribution in [0.25, 0.3) is 0 Å². The minimum atomic E-state index is -0.531. The van der Waals surface area contributed by atoms with Crippen LogP contribution in [0.2, 0.25) is 0 Å². The van der Waals surface area contributed by atoms with Gasteiger partial charge in [0.25, 0.3) is 0 Å². The molecule has 0 heterocycles. The van der Waals surface area contributed by atoms with E-state index in [2.05, 4.69) is 23.9 Å². The van der Waals surface area contributed by atoms with E-state index in [0.717, 1.165) is 5.75 Å². The summed E-state index contributed by atoms with van der Waals surface area (Å²) in [5.74, 6) is 1.50. The van der Waals surface area contributed by atoms with E-state index in [1.165, 1.54) is 14.0 Å². The van der Waals surface area contributed by atoms with Crippen LogP contribution in [0.5, 0.6) is 0 Å². The summed E-state index contributed by atoms with van der Waals surface area (Å²) < 4.78 is 4.60. The summed E-state index contributed by atoms with van der Waals surface area (Å²) in [6.45, 7) is 5.61. The first-order valence-electron chi connectivity index (χ1n) is 4.90. The maximum Gasteiger partial charge on any atom is 0.329 e. The zero-order chi connectivity index (χ0) is 11.8. The molecule has 1 amide bonds. The summed E-state index contributed by atoms with van der Waals surface area (Å²) in [6, 6.07) is -0.531. The van der Waals surface area contributed by atoms with Crippen LogP contribution in [-0.4, -0.2) is 36.5 Å². The number of amides is 1. The number of hydrogen-bond acceptors (Lipinski definition) is 4. The van der Waals surface area contributed by atoms with Gasteiger partial charge in [-0.3, -0.25) is 4.79 Å². The number of ether oxygens (including phenoxy) is 1. The topological polar surface area (TPSA) is 55.4 Å². The molecule has 15 heavy (non-hydrogen) atoms. The van der Waals surface area contributed by atoms with Gasteiger partial charge in [0, 0.05) is 12.7 Å². The Labute approximate surface area is 95.1 Å². The molecule has 5 heteroatoms. The average molecular weight is 233 g/mol. The highest BCUT2D eigenvalue weighted by atomic mass is 32.2. The first-order valence-corrected chi connectivity index (χ1v) is 6.05. The number of hydrogen-bond donors (Lipinski definition) is 1. The molecule has 4 nitrogen and oxygen atoms in total. The molecule has 0 radical (unpaired) electrons. The Morgan fingerprint density at radius 3 is 2.33 bits per heavy atom. The fraction of sp³-hybridized carbons (Fsp3) is 0.800. The summed E-state index contributed by atoms with van der Waals surface area (Å²) in [6.07, 6.45) is 0. The summed E-state index contributed by atoms with van der Waals surface area (Å²) in [5, 5.41) is 2.57. The summed E-state index contributed by atoms with van der Waals surface area (Å²) >= 11 is 1.64. The van der Waals surface area contributed by atoms with Crippen LogP contribution >= 0.6 is 11.8 Å². The van der Waals surface area contributed by atoms with Gasteiger partial charge in [-0.15, -0.1) is 0 Å². The highest BCUT2D eigenvalue weighted by Gasteiger charge is 2.19. The van der Waals surface area contributed by atoms with Gasteiger partial charge in [0.2, 0.25) is 5.91 Å². The second-order valence-electron chi connectivity index (χ2n) is 3.71. The van der Waals surface area contributed by atoms with Crippen LogP contribution in [-0.2, 0) is 14.3 Å². The van der Waals surface area contributed by atoms with Crippen molar-refractivity contribution in [1.29, 1.82) is 0 Å². The molecular formula is C10H19NO3S. The van der Waals surface area contributed by atoms with Crippen molar-refractivity contribution in [2.75, 3.05) is 18.6 Å². The molecular weight excluding hydrogens is 214 g/mol. The lowest BCUT2D eigenvalue weighted by atomic mass is 10.3. The molecule has 0 aromatic carbocycles. The molecule has 0 aliphatic carbocycles. The first kappa shape index (κ1) is 14.3. The maximum atomic E-state index is 11.3. The molecule has 1 unspecified atom stereocenters. The van der Waals surface area contributed by atoms with Crippen molar-refractivity contribution >= 4 is 23.6 Å². The molecule has 88 valence electrons. The van der Waals surface area contributed by atoms with E-state index < -0.39 is 6.04 Å². The second kappa shape index (κ2) is 7.56. The van der Waals surface area contributed by atoms with E-state index in [1.807, 2.05) is 0 Å². The number of methoxy groups -OCH3 is 1. The van der Waals surface area contributed by atoms with Gasteiger partial charge in [0.15, 0.2) is 0 Å². The van der Waals surface area contributed by atoms with Crippen LogP contribution < -0.4 is 5.32 Å². The van der Waals surface area contributed by atoms with E-state index in [0.29, 0.717) is 11.7 Å². The van der Waals surface area contributed by atoms with Crippen molar-refractivity contribution in [3.8, 4) is 0 Å². The van der Waals surface area contributed by atoms with Crippen molar-refractivity contribution in [3.63, 3.8) is 0 Å². The summed E-state index contributed by atoms with van der Waals surface area (Å²) in [5.41, 5.74) is 0. The smallest absolute Gasteiger partial charge is 0.329 e. The third-order valence-electron chi connectivity index (χ3n) is 1.60. The summed E-state index contributed by atoms with van der Waals surface area (Å²) in [4.78, 5) is 22.1.